The van der Waals surface area contributed by atoms with Crippen LogP contribution in [0.2, 0.25) is 5.02 Å². The zero-order chi connectivity index (χ0) is 20.1. The molecule has 2 aliphatic rings. The first kappa shape index (κ1) is 20.9. The highest BCUT2D eigenvalue weighted by molar-refractivity contribution is 6.31. The minimum absolute atomic E-state index is 0.0128. The van der Waals surface area contributed by atoms with Gasteiger partial charge in [-0.2, -0.15) is 0 Å². The average molecular weight is 409 g/mol. The van der Waals surface area contributed by atoms with E-state index in [9.17, 15) is 9.59 Å². The normalized spacial score (nSPS) is 22.6. The number of benzene rings is 1. The van der Waals surface area contributed by atoms with Crippen molar-refractivity contribution in [3.63, 3.8) is 0 Å². The van der Waals surface area contributed by atoms with Crippen molar-refractivity contribution < 1.29 is 14.3 Å². The summed E-state index contributed by atoms with van der Waals surface area (Å²) in [5.74, 6) is -0.0128. The van der Waals surface area contributed by atoms with Crippen LogP contribution in [-0.2, 0) is 16.1 Å². The van der Waals surface area contributed by atoms with Crippen molar-refractivity contribution in [2.75, 3.05) is 31.6 Å². The molecule has 3 rings (SSSR count). The number of nitrogens with one attached hydrogen (secondary N) is 1. The summed E-state index contributed by atoms with van der Waals surface area (Å²) in [5, 5.41) is 3.48. The molecule has 3 N–H and O–H groups in total. The van der Waals surface area contributed by atoms with Crippen LogP contribution in [0.15, 0.2) is 18.2 Å². The monoisotopic (exact) mass is 408 g/mol. The first-order valence-corrected chi connectivity index (χ1v) is 10.3. The Balaban J connectivity index is 1.72. The number of hydrogen-bond acceptors (Lipinski definition) is 4. The van der Waals surface area contributed by atoms with E-state index in [-0.39, 0.29) is 24.0 Å². The summed E-state index contributed by atoms with van der Waals surface area (Å²) in [7, 11) is 0. The Hall–Kier alpha value is -1.83. The fourth-order valence-electron chi connectivity index (χ4n) is 3.92. The van der Waals surface area contributed by atoms with Gasteiger partial charge in [-0.05, 0) is 36.6 Å². The number of morpholine rings is 1. The van der Waals surface area contributed by atoms with Crippen molar-refractivity contribution in [2.45, 2.75) is 51.2 Å². The number of rotatable bonds is 4. The van der Waals surface area contributed by atoms with E-state index in [1.54, 1.807) is 24.0 Å². The number of carbonyl (C=O) groups excluding carboxylic acids is 2. The van der Waals surface area contributed by atoms with Crippen LogP contribution < -0.4 is 11.1 Å². The highest BCUT2D eigenvalue weighted by atomic mass is 35.5. The SMILES string of the molecule is CC(=O)N(Cc1cc(NC(=O)N2CCOCC2)ccc1Cl)C1CCCCC1N. The fraction of sp³-hybridized carbons (Fsp3) is 0.600. The maximum Gasteiger partial charge on any atom is 0.321 e. The third-order valence-corrected chi connectivity index (χ3v) is 5.89. The first-order chi connectivity index (χ1) is 13.5. The van der Waals surface area contributed by atoms with E-state index in [1.165, 1.54) is 0 Å². The summed E-state index contributed by atoms with van der Waals surface area (Å²) >= 11 is 6.40. The predicted molar refractivity (Wildman–Crippen MR) is 109 cm³/mol. The standard InChI is InChI=1S/C20H29ClN4O3/c1-14(26)25(19-5-3-2-4-18(19)22)13-15-12-16(6-7-17(15)21)23-20(27)24-8-10-28-11-9-24/h6-7,12,18-19H,2-5,8-11,13,22H2,1H3,(H,23,27). The molecular weight excluding hydrogens is 380 g/mol. The summed E-state index contributed by atoms with van der Waals surface area (Å²) in [6, 6.07) is 5.22. The fourth-order valence-corrected chi connectivity index (χ4v) is 4.09. The lowest BCUT2D eigenvalue weighted by Gasteiger charge is -2.38. The Labute approximate surface area is 171 Å². The van der Waals surface area contributed by atoms with Crippen LogP contribution >= 0.6 is 11.6 Å². The van der Waals surface area contributed by atoms with Gasteiger partial charge in [0.2, 0.25) is 5.91 Å². The molecule has 8 heteroatoms. The molecule has 2 unspecified atom stereocenters. The molecule has 154 valence electrons. The van der Waals surface area contributed by atoms with E-state index in [2.05, 4.69) is 5.32 Å². The molecule has 1 aliphatic carbocycles. The van der Waals surface area contributed by atoms with Crippen molar-refractivity contribution in [3.05, 3.63) is 28.8 Å². The van der Waals surface area contributed by atoms with Gasteiger partial charge < -0.3 is 25.6 Å². The van der Waals surface area contributed by atoms with Crippen molar-refractivity contribution in [3.8, 4) is 0 Å². The molecule has 0 bridgehead atoms. The largest absolute Gasteiger partial charge is 0.378 e. The van der Waals surface area contributed by atoms with Gasteiger partial charge in [-0.1, -0.05) is 24.4 Å². The van der Waals surface area contributed by atoms with Gasteiger partial charge >= 0.3 is 6.03 Å². The quantitative estimate of drug-likeness (QED) is 0.801. The maximum atomic E-state index is 12.4. The van der Waals surface area contributed by atoms with Crippen molar-refractivity contribution in [1.82, 2.24) is 9.80 Å². The number of nitrogens with zero attached hydrogens (tertiary/aromatic N) is 2. The van der Waals surface area contributed by atoms with Crippen LogP contribution in [0.3, 0.4) is 0 Å². The molecule has 1 heterocycles. The van der Waals surface area contributed by atoms with Crippen LogP contribution in [0.1, 0.15) is 38.2 Å². The Morgan fingerprint density at radius 2 is 2.00 bits per heavy atom. The Morgan fingerprint density at radius 3 is 2.68 bits per heavy atom. The van der Waals surface area contributed by atoms with E-state index >= 15 is 0 Å². The maximum absolute atomic E-state index is 12.4. The molecule has 1 saturated carbocycles. The van der Waals surface area contributed by atoms with Gasteiger partial charge in [0, 0.05) is 49.4 Å². The first-order valence-electron chi connectivity index (χ1n) is 9.90. The molecule has 28 heavy (non-hydrogen) atoms. The molecular formula is C20H29ClN4O3. The van der Waals surface area contributed by atoms with E-state index in [0.717, 1.165) is 31.2 Å². The minimum atomic E-state index is -0.158. The van der Waals surface area contributed by atoms with E-state index in [1.807, 2.05) is 11.0 Å². The van der Waals surface area contributed by atoms with Gasteiger partial charge in [0.05, 0.1) is 13.2 Å². The summed E-state index contributed by atoms with van der Waals surface area (Å²) in [4.78, 5) is 28.3. The number of ether oxygens (including phenoxy) is 1. The number of urea groups is 1. The molecule has 1 aromatic carbocycles. The third kappa shape index (κ3) is 5.16. The predicted octanol–water partition coefficient (Wildman–Crippen LogP) is 2.82. The average Bonchev–Trinajstić information content (AvgIpc) is 2.69. The van der Waals surface area contributed by atoms with Gasteiger partial charge in [-0.15, -0.1) is 0 Å². The second kappa shape index (κ2) is 9.58. The van der Waals surface area contributed by atoms with Gasteiger partial charge in [0.1, 0.15) is 0 Å². The Kier molecular flexibility index (Phi) is 7.15. The van der Waals surface area contributed by atoms with Gasteiger partial charge in [-0.3, -0.25) is 4.79 Å². The molecule has 0 radical (unpaired) electrons. The van der Waals surface area contributed by atoms with Crippen LogP contribution in [0.4, 0.5) is 10.5 Å². The highest BCUT2D eigenvalue weighted by Gasteiger charge is 2.29. The number of halogens is 1. The van der Waals surface area contributed by atoms with Gasteiger partial charge in [0.25, 0.3) is 0 Å². The van der Waals surface area contributed by atoms with E-state index in [4.69, 9.17) is 22.1 Å². The zero-order valence-corrected chi connectivity index (χ0v) is 17.1. The third-order valence-electron chi connectivity index (χ3n) is 5.52. The van der Waals surface area contributed by atoms with Gasteiger partial charge in [0.15, 0.2) is 0 Å². The number of amides is 3. The lowest BCUT2D eigenvalue weighted by Crippen LogP contribution is -2.51. The number of carbonyl (C=O) groups is 2. The Bertz CT molecular complexity index is 709. The van der Waals surface area contributed by atoms with E-state index < -0.39 is 0 Å². The molecule has 1 aromatic rings. The number of hydrogen-bond donors (Lipinski definition) is 2. The molecule has 2 fully saturated rings. The number of nitrogens with two attached hydrogens (primary N) is 1. The summed E-state index contributed by atoms with van der Waals surface area (Å²) < 4.78 is 5.28. The van der Waals surface area contributed by atoms with Gasteiger partial charge in [-0.25, -0.2) is 4.79 Å². The van der Waals surface area contributed by atoms with Crippen molar-refractivity contribution in [2.24, 2.45) is 5.73 Å². The summed E-state index contributed by atoms with van der Waals surface area (Å²) in [5.41, 5.74) is 7.75. The van der Waals surface area contributed by atoms with Crippen molar-refractivity contribution in [1.29, 1.82) is 0 Å². The molecule has 7 nitrogen and oxygen atoms in total. The molecule has 0 aromatic heterocycles. The van der Waals surface area contributed by atoms with Crippen molar-refractivity contribution >= 4 is 29.2 Å². The lowest BCUT2D eigenvalue weighted by atomic mass is 9.89. The molecule has 1 saturated heterocycles. The summed E-state index contributed by atoms with van der Waals surface area (Å²) in [6.07, 6.45) is 4.02. The van der Waals surface area contributed by atoms with Crippen LogP contribution in [0.5, 0.6) is 0 Å². The molecule has 3 amide bonds. The van der Waals surface area contributed by atoms with E-state index in [0.29, 0.717) is 43.6 Å². The second-order valence-corrected chi connectivity index (χ2v) is 7.91. The molecule has 2 atom stereocenters. The van der Waals surface area contributed by atoms with Crippen LogP contribution in [-0.4, -0.2) is 60.1 Å². The Morgan fingerprint density at radius 1 is 1.29 bits per heavy atom. The highest BCUT2D eigenvalue weighted by Crippen LogP contribution is 2.27. The van der Waals surface area contributed by atoms with Crippen LogP contribution in [0.25, 0.3) is 0 Å². The molecule has 0 spiro atoms. The summed E-state index contributed by atoms with van der Waals surface area (Å²) in [6.45, 7) is 4.20. The minimum Gasteiger partial charge on any atom is -0.378 e. The van der Waals surface area contributed by atoms with Crippen LogP contribution in [0, 0.1) is 0 Å². The molecule has 1 aliphatic heterocycles. The zero-order valence-electron chi connectivity index (χ0n) is 16.3. The second-order valence-electron chi connectivity index (χ2n) is 7.50. The topological polar surface area (TPSA) is 87.9 Å². The number of anilines is 1. The smallest absolute Gasteiger partial charge is 0.321 e. The lowest BCUT2D eigenvalue weighted by molar-refractivity contribution is -0.133.